The van der Waals surface area contributed by atoms with Crippen LogP contribution < -0.4 is 10.6 Å². The molecule has 0 bridgehead atoms. The number of amides is 2. The van der Waals surface area contributed by atoms with Crippen LogP contribution in [0.25, 0.3) is 0 Å². The SMILES string of the molecule is C[C@@H](NC(=O)COC(=O)c1ccc(C(=O)OCC(=O)N[C@H](C)C2CC2)cc1)C1CC1. The van der Waals surface area contributed by atoms with Gasteiger partial charge in [-0.1, -0.05) is 0 Å². The van der Waals surface area contributed by atoms with E-state index in [0.717, 1.165) is 25.7 Å². The number of nitrogens with one attached hydrogen (secondary N) is 2. The third-order valence-electron chi connectivity index (χ3n) is 5.46. The Morgan fingerprint density at radius 1 is 0.767 bits per heavy atom. The fraction of sp³-hybridized carbons (Fsp3) is 0.545. The molecule has 2 aliphatic rings. The van der Waals surface area contributed by atoms with Crippen LogP contribution in [0.5, 0.6) is 0 Å². The molecule has 2 aliphatic carbocycles. The number of esters is 2. The summed E-state index contributed by atoms with van der Waals surface area (Å²) in [6, 6.07) is 5.83. The Morgan fingerprint density at radius 3 is 1.40 bits per heavy atom. The average molecular weight is 416 g/mol. The molecule has 8 nitrogen and oxygen atoms in total. The van der Waals surface area contributed by atoms with Crippen LogP contribution in [-0.4, -0.2) is 49.1 Å². The van der Waals surface area contributed by atoms with Gasteiger partial charge in [-0.3, -0.25) is 9.59 Å². The predicted molar refractivity (Wildman–Crippen MR) is 108 cm³/mol. The number of carbonyl (C=O) groups is 4. The van der Waals surface area contributed by atoms with E-state index < -0.39 is 11.9 Å². The second-order valence-electron chi connectivity index (χ2n) is 8.12. The molecule has 2 atom stereocenters. The van der Waals surface area contributed by atoms with Gasteiger partial charge in [0.05, 0.1) is 11.1 Å². The number of hydrogen-bond acceptors (Lipinski definition) is 6. The smallest absolute Gasteiger partial charge is 0.338 e. The van der Waals surface area contributed by atoms with Crippen molar-refractivity contribution in [1.82, 2.24) is 10.6 Å². The molecule has 30 heavy (non-hydrogen) atoms. The first-order valence-corrected chi connectivity index (χ1v) is 10.4. The number of benzene rings is 1. The lowest BCUT2D eigenvalue weighted by Crippen LogP contribution is -2.37. The third-order valence-corrected chi connectivity index (χ3v) is 5.46. The van der Waals surface area contributed by atoms with Crippen molar-refractivity contribution in [3.63, 3.8) is 0 Å². The number of carbonyl (C=O) groups excluding carboxylic acids is 4. The maximum atomic E-state index is 12.1. The Labute approximate surface area is 175 Å². The van der Waals surface area contributed by atoms with Gasteiger partial charge < -0.3 is 20.1 Å². The minimum absolute atomic E-state index is 0.0838. The van der Waals surface area contributed by atoms with E-state index in [-0.39, 0.29) is 48.2 Å². The summed E-state index contributed by atoms with van der Waals surface area (Å²) in [6.45, 7) is 3.17. The van der Waals surface area contributed by atoms with Crippen molar-refractivity contribution in [2.75, 3.05) is 13.2 Å². The van der Waals surface area contributed by atoms with Gasteiger partial charge in [0.15, 0.2) is 13.2 Å². The Hall–Kier alpha value is -2.90. The quantitative estimate of drug-likeness (QED) is 0.563. The van der Waals surface area contributed by atoms with E-state index >= 15 is 0 Å². The minimum Gasteiger partial charge on any atom is -0.452 e. The molecular weight excluding hydrogens is 388 g/mol. The summed E-state index contributed by atoms with van der Waals surface area (Å²) in [5.74, 6) is -0.945. The molecule has 0 radical (unpaired) electrons. The van der Waals surface area contributed by atoms with Gasteiger partial charge in [-0.2, -0.15) is 0 Å². The van der Waals surface area contributed by atoms with E-state index in [2.05, 4.69) is 10.6 Å². The highest BCUT2D eigenvalue weighted by atomic mass is 16.5. The number of ether oxygens (including phenoxy) is 2. The molecule has 0 aromatic heterocycles. The fourth-order valence-corrected chi connectivity index (χ4v) is 3.19. The molecule has 1 aromatic carbocycles. The van der Waals surface area contributed by atoms with Crippen molar-refractivity contribution in [2.45, 2.75) is 51.6 Å². The van der Waals surface area contributed by atoms with E-state index in [0.29, 0.717) is 11.8 Å². The molecule has 2 N–H and O–H groups in total. The summed E-state index contributed by atoms with van der Waals surface area (Å²) in [5, 5.41) is 5.61. The van der Waals surface area contributed by atoms with Gasteiger partial charge in [0.1, 0.15) is 0 Å². The highest BCUT2D eigenvalue weighted by molar-refractivity contribution is 5.95. The zero-order valence-corrected chi connectivity index (χ0v) is 17.3. The maximum Gasteiger partial charge on any atom is 0.338 e. The van der Waals surface area contributed by atoms with Crippen molar-refractivity contribution in [1.29, 1.82) is 0 Å². The first-order chi connectivity index (χ1) is 14.3. The number of rotatable bonds is 10. The van der Waals surface area contributed by atoms with Gasteiger partial charge in [0.2, 0.25) is 0 Å². The summed E-state index contributed by atoms with van der Waals surface area (Å²) in [5.41, 5.74) is 0.427. The van der Waals surface area contributed by atoms with E-state index in [9.17, 15) is 19.2 Å². The monoisotopic (exact) mass is 416 g/mol. The van der Waals surface area contributed by atoms with Crippen LogP contribution in [0.1, 0.15) is 60.2 Å². The van der Waals surface area contributed by atoms with Crippen LogP contribution in [0.2, 0.25) is 0 Å². The zero-order valence-electron chi connectivity index (χ0n) is 17.3. The first kappa shape index (κ1) is 21.8. The van der Waals surface area contributed by atoms with Crippen LogP contribution in [0.15, 0.2) is 24.3 Å². The molecule has 0 spiro atoms. The van der Waals surface area contributed by atoms with E-state index in [1.54, 1.807) is 0 Å². The standard InChI is InChI=1S/C22H28N2O6/c1-13(15-3-4-15)23-19(25)11-29-21(27)17-7-9-18(10-8-17)22(28)30-12-20(26)24-14(2)16-5-6-16/h7-10,13-16H,3-6,11-12H2,1-2H3,(H,23,25)(H,24,26)/t13-,14-/m1/s1. The lowest BCUT2D eigenvalue weighted by atomic mass is 10.1. The van der Waals surface area contributed by atoms with Crippen molar-refractivity contribution >= 4 is 23.8 Å². The second-order valence-corrected chi connectivity index (χ2v) is 8.12. The van der Waals surface area contributed by atoms with Gasteiger partial charge in [0.25, 0.3) is 11.8 Å². The lowest BCUT2D eigenvalue weighted by Gasteiger charge is -2.13. The molecule has 2 amide bonds. The maximum absolute atomic E-state index is 12.1. The van der Waals surface area contributed by atoms with Crippen molar-refractivity contribution < 1.29 is 28.7 Å². The first-order valence-electron chi connectivity index (χ1n) is 10.4. The van der Waals surface area contributed by atoms with Gasteiger partial charge in [-0.25, -0.2) is 9.59 Å². The van der Waals surface area contributed by atoms with E-state index in [4.69, 9.17) is 9.47 Å². The molecule has 0 saturated heterocycles. The largest absolute Gasteiger partial charge is 0.452 e. The molecule has 2 saturated carbocycles. The minimum atomic E-state index is -0.655. The molecule has 0 aliphatic heterocycles. The third kappa shape index (κ3) is 6.57. The highest BCUT2D eigenvalue weighted by Crippen LogP contribution is 2.32. The second kappa shape index (κ2) is 9.73. The Morgan fingerprint density at radius 2 is 1.10 bits per heavy atom. The Kier molecular flexibility index (Phi) is 7.07. The fourth-order valence-electron chi connectivity index (χ4n) is 3.19. The van der Waals surface area contributed by atoms with E-state index in [1.807, 2.05) is 13.8 Å². The van der Waals surface area contributed by atoms with Gasteiger partial charge in [-0.05, 0) is 75.6 Å². The van der Waals surface area contributed by atoms with Crippen molar-refractivity contribution in [3.8, 4) is 0 Å². The molecule has 8 heteroatoms. The van der Waals surface area contributed by atoms with Crippen LogP contribution in [0.3, 0.4) is 0 Å². The van der Waals surface area contributed by atoms with Crippen LogP contribution in [0, 0.1) is 11.8 Å². The molecule has 0 unspecified atom stereocenters. The predicted octanol–water partition coefficient (Wildman–Crippen LogP) is 1.83. The van der Waals surface area contributed by atoms with E-state index in [1.165, 1.54) is 24.3 Å². The molecule has 1 aromatic rings. The normalized spacial score (nSPS) is 17.4. The summed E-state index contributed by atoms with van der Waals surface area (Å²) >= 11 is 0. The molecule has 162 valence electrons. The topological polar surface area (TPSA) is 111 Å². The summed E-state index contributed by atoms with van der Waals surface area (Å²) in [6.07, 6.45) is 4.45. The molecule has 2 fully saturated rings. The molecule has 3 rings (SSSR count). The van der Waals surface area contributed by atoms with Crippen LogP contribution in [0.4, 0.5) is 0 Å². The highest BCUT2D eigenvalue weighted by Gasteiger charge is 2.29. The van der Waals surface area contributed by atoms with Crippen molar-refractivity contribution in [3.05, 3.63) is 35.4 Å². The van der Waals surface area contributed by atoms with Gasteiger partial charge in [-0.15, -0.1) is 0 Å². The Balaban J connectivity index is 1.39. The average Bonchev–Trinajstić information content (AvgIpc) is 3.62. The van der Waals surface area contributed by atoms with Crippen LogP contribution >= 0.6 is 0 Å². The summed E-state index contributed by atoms with van der Waals surface area (Å²) in [7, 11) is 0. The lowest BCUT2D eigenvalue weighted by molar-refractivity contribution is -0.125. The summed E-state index contributed by atoms with van der Waals surface area (Å²) < 4.78 is 10.0. The van der Waals surface area contributed by atoms with Crippen molar-refractivity contribution in [2.24, 2.45) is 11.8 Å². The van der Waals surface area contributed by atoms with Gasteiger partial charge >= 0.3 is 11.9 Å². The Bertz CT molecular complexity index is 731. The van der Waals surface area contributed by atoms with Gasteiger partial charge in [0, 0.05) is 12.1 Å². The molecular formula is C22H28N2O6. The number of hydrogen-bond donors (Lipinski definition) is 2. The summed E-state index contributed by atoms with van der Waals surface area (Å²) in [4.78, 5) is 47.8. The zero-order chi connectivity index (χ0) is 21.7. The molecule has 0 heterocycles. The van der Waals surface area contributed by atoms with Crippen LogP contribution in [-0.2, 0) is 19.1 Å².